The molecule has 0 bridgehead atoms. The van der Waals surface area contributed by atoms with E-state index in [1.54, 1.807) is 12.3 Å². The number of amides is 1. The molecule has 4 heteroatoms. The second-order valence-corrected chi connectivity index (χ2v) is 2.53. The van der Waals surface area contributed by atoms with E-state index in [0.29, 0.717) is 6.67 Å². The van der Waals surface area contributed by atoms with Crippen molar-refractivity contribution in [1.82, 2.24) is 9.80 Å². The lowest BCUT2D eigenvalue weighted by molar-refractivity contribution is 0.122. The van der Waals surface area contributed by atoms with Crippen LogP contribution in [0.1, 0.15) is 0 Å². The second kappa shape index (κ2) is 3.80. The zero-order valence-electron chi connectivity index (χ0n) is 7.06. The van der Waals surface area contributed by atoms with E-state index in [4.69, 9.17) is 4.74 Å². The highest BCUT2D eigenvalue weighted by Gasteiger charge is 2.16. The quantitative estimate of drug-likeness (QED) is 0.576. The smallest absolute Gasteiger partial charge is 0.415 e. The minimum atomic E-state index is -0.337. The first kappa shape index (κ1) is 8.64. The van der Waals surface area contributed by atoms with Crippen LogP contribution in [0.15, 0.2) is 25.1 Å². The molecule has 0 aromatic rings. The van der Waals surface area contributed by atoms with Crippen LogP contribution in [0.4, 0.5) is 4.79 Å². The molecule has 1 amide bonds. The highest BCUT2D eigenvalue weighted by Crippen LogP contribution is 2.05. The average Bonchev–Trinajstić information content (AvgIpc) is 2.47. The van der Waals surface area contributed by atoms with Crippen molar-refractivity contribution in [2.24, 2.45) is 0 Å². The number of rotatable bonds is 2. The van der Waals surface area contributed by atoms with E-state index >= 15 is 0 Å². The number of carbonyl (C=O) groups excluding carboxylic acids is 1. The van der Waals surface area contributed by atoms with Gasteiger partial charge in [0.2, 0.25) is 0 Å². The standard InChI is InChI=1S/C8H12N2O2/c1-3-6-12-8(11)10-5-4-9(2)7-10/h3-5H,1,6-7H2,2H3. The molecule has 1 rings (SSSR count). The van der Waals surface area contributed by atoms with Crippen molar-refractivity contribution in [1.29, 1.82) is 0 Å². The van der Waals surface area contributed by atoms with Crippen molar-refractivity contribution < 1.29 is 9.53 Å². The first-order chi connectivity index (χ1) is 5.74. The average molecular weight is 168 g/mol. The van der Waals surface area contributed by atoms with E-state index in [1.807, 2.05) is 18.1 Å². The Balaban J connectivity index is 2.34. The fourth-order valence-electron chi connectivity index (χ4n) is 0.861. The van der Waals surface area contributed by atoms with Crippen molar-refractivity contribution in [2.45, 2.75) is 0 Å². The normalized spacial score (nSPS) is 15.1. The Morgan fingerprint density at radius 1 is 1.75 bits per heavy atom. The van der Waals surface area contributed by atoms with Gasteiger partial charge in [-0.15, -0.1) is 0 Å². The van der Waals surface area contributed by atoms with Gasteiger partial charge in [-0.2, -0.15) is 0 Å². The molecule has 0 aromatic carbocycles. The molecule has 4 nitrogen and oxygen atoms in total. The van der Waals surface area contributed by atoms with Crippen LogP contribution in [0, 0.1) is 0 Å². The first-order valence-corrected chi connectivity index (χ1v) is 3.67. The number of nitrogens with zero attached hydrogens (tertiary/aromatic N) is 2. The second-order valence-electron chi connectivity index (χ2n) is 2.53. The predicted octanol–water partition coefficient (Wildman–Crippen LogP) is 0.985. The Morgan fingerprint density at radius 3 is 3.00 bits per heavy atom. The molecule has 1 heterocycles. The number of hydrogen-bond acceptors (Lipinski definition) is 3. The summed E-state index contributed by atoms with van der Waals surface area (Å²) in [5.74, 6) is 0. The van der Waals surface area contributed by atoms with Gasteiger partial charge < -0.3 is 9.64 Å². The van der Waals surface area contributed by atoms with Gasteiger partial charge in [0.25, 0.3) is 0 Å². The van der Waals surface area contributed by atoms with Gasteiger partial charge in [-0.05, 0) is 0 Å². The van der Waals surface area contributed by atoms with Crippen LogP contribution >= 0.6 is 0 Å². The molecule has 1 aliphatic heterocycles. The molecule has 0 atom stereocenters. The van der Waals surface area contributed by atoms with Gasteiger partial charge in [-0.1, -0.05) is 12.7 Å². The van der Waals surface area contributed by atoms with E-state index in [9.17, 15) is 4.79 Å². The summed E-state index contributed by atoms with van der Waals surface area (Å²) in [5, 5.41) is 0. The van der Waals surface area contributed by atoms with Gasteiger partial charge in [-0.3, -0.25) is 4.90 Å². The van der Waals surface area contributed by atoms with Gasteiger partial charge in [0, 0.05) is 19.4 Å². The fourth-order valence-corrected chi connectivity index (χ4v) is 0.861. The highest BCUT2D eigenvalue weighted by molar-refractivity contribution is 5.69. The molecular weight excluding hydrogens is 156 g/mol. The van der Waals surface area contributed by atoms with Gasteiger partial charge in [0.05, 0.1) is 6.67 Å². The first-order valence-electron chi connectivity index (χ1n) is 3.67. The van der Waals surface area contributed by atoms with Crippen LogP contribution in [-0.4, -0.2) is 36.2 Å². The summed E-state index contributed by atoms with van der Waals surface area (Å²) < 4.78 is 4.81. The van der Waals surface area contributed by atoms with Crippen LogP contribution in [-0.2, 0) is 4.74 Å². The molecule has 1 aliphatic rings. The number of ether oxygens (including phenoxy) is 1. The minimum Gasteiger partial charge on any atom is -0.445 e. The number of hydrogen-bond donors (Lipinski definition) is 0. The summed E-state index contributed by atoms with van der Waals surface area (Å²) in [6.45, 7) is 4.26. The highest BCUT2D eigenvalue weighted by atomic mass is 16.6. The maximum Gasteiger partial charge on any atom is 0.415 e. The number of carbonyl (C=O) groups is 1. The Bertz CT molecular complexity index is 213. The zero-order valence-corrected chi connectivity index (χ0v) is 7.06. The molecule has 0 saturated heterocycles. The third-order valence-electron chi connectivity index (χ3n) is 1.44. The summed E-state index contributed by atoms with van der Waals surface area (Å²) in [4.78, 5) is 14.5. The van der Waals surface area contributed by atoms with E-state index in [1.165, 1.54) is 4.90 Å². The van der Waals surface area contributed by atoms with Crippen molar-refractivity contribution in [3.8, 4) is 0 Å². The van der Waals surface area contributed by atoms with E-state index in [0.717, 1.165) is 0 Å². The summed E-state index contributed by atoms with van der Waals surface area (Å²) in [5.41, 5.74) is 0. The van der Waals surface area contributed by atoms with Crippen molar-refractivity contribution in [3.63, 3.8) is 0 Å². The maximum absolute atomic E-state index is 11.1. The predicted molar refractivity (Wildman–Crippen MR) is 45.2 cm³/mol. The lowest BCUT2D eigenvalue weighted by Gasteiger charge is -2.15. The van der Waals surface area contributed by atoms with Gasteiger partial charge in [-0.25, -0.2) is 4.79 Å². The minimum absolute atomic E-state index is 0.257. The maximum atomic E-state index is 11.1. The third-order valence-corrected chi connectivity index (χ3v) is 1.44. The van der Waals surface area contributed by atoms with Crippen LogP contribution in [0.25, 0.3) is 0 Å². The Morgan fingerprint density at radius 2 is 2.50 bits per heavy atom. The Labute approximate surface area is 71.7 Å². The summed E-state index contributed by atoms with van der Waals surface area (Å²) in [6, 6.07) is 0. The lowest BCUT2D eigenvalue weighted by Crippen LogP contribution is -2.29. The lowest BCUT2D eigenvalue weighted by atomic mass is 10.7. The van der Waals surface area contributed by atoms with Crippen LogP contribution in [0.3, 0.4) is 0 Å². The summed E-state index contributed by atoms with van der Waals surface area (Å²) >= 11 is 0. The fraction of sp³-hybridized carbons (Fsp3) is 0.375. The van der Waals surface area contributed by atoms with Gasteiger partial charge in [0.1, 0.15) is 6.61 Å². The topological polar surface area (TPSA) is 32.8 Å². The SMILES string of the molecule is C=CCOC(=O)N1C=CN(C)C1. The molecule has 0 unspecified atom stereocenters. The van der Waals surface area contributed by atoms with Crippen LogP contribution < -0.4 is 0 Å². The molecular formula is C8H12N2O2. The van der Waals surface area contributed by atoms with Crippen molar-refractivity contribution in [2.75, 3.05) is 20.3 Å². The molecule has 66 valence electrons. The van der Waals surface area contributed by atoms with Gasteiger partial charge in [0.15, 0.2) is 0 Å². The molecule has 0 radical (unpaired) electrons. The Kier molecular flexibility index (Phi) is 2.74. The van der Waals surface area contributed by atoms with Gasteiger partial charge >= 0.3 is 6.09 Å². The van der Waals surface area contributed by atoms with Crippen molar-refractivity contribution >= 4 is 6.09 Å². The van der Waals surface area contributed by atoms with E-state index < -0.39 is 0 Å². The Hall–Kier alpha value is -1.45. The van der Waals surface area contributed by atoms with Crippen molar-refractivity contribution in [3.05, 3.63) is 25.1 Å². The molecule has 0 spiro atoms. The third kappa shape index (κ3) is 2.02. The summed E-state index contributed by atoms with van der Waals surface area (Å²) in [7, 11) is 1.89. The van der Waals surface area contributed by atoms with E-state index in [-0.39, 0.29) is 12.7 Å². The van der Waals surface area contributed by atoms with E-state index in [2.05, 4.69) is 6.58 Å². The molecule has 0 fully saturated rings. The largest absolute Gasteiger partial charge is 0.445 e. The molecule has 0 aliphatic carbocycles. The monoisotopic (exact) mass is 168 g/mol. The van der Waals surface area contributed by atoms with Crippen LogP contribution in [0.2, 0.25) is 0 Å². The molecule has 0 N–H and O–H groups in total. The molecule has 12 heavy (non-hydrogen) atoms. The molecule has 0 saturated carbocycles. The molecule has 0 aromatic heterocycles. The van der Waals surface area contributed by atoms with Crippen LogP contribution in [0.5, 0.6) is 0 Å². The zero-order chi connectivity index (χ0) is 8.97. The summed E-state index contributed by atoms with van der Waals surface area (Å²) in [6.07, 6.45) is 4.71.